The van der Waals surface area contributed by atoms with Gasteiger partial charge in [-0.25, -0.2) is 21.6 Å². The maximum atomic E-state index is 13.1. The summed E-state index contributed by atoms with van der Waals surface area (Å²) in [7, 11) is -7.72. The lowest BCUT2D eigenvalue weighted by molar-refractivity contribution is -0.138. The van der Waals surface area contributed by atoms with E-state index in [1.165, 1.54) is 42.8 Å². The van der Waals surface area contributed by atoms with E-state index in [-0.39, 0.29) is 46.6 Å². The van der Waals surface area contributed by atoms with Gasteiger partial charge in [-0.05, 0) is 109 Å². The molecule has 4 aromatic rings. The summed E-state index contributed by atoms with van der Waals surface area (Å²) in [5.41, 5.74) is 13.5. The average Bonchev–Trinajstić information content (AvgIpc) is 4.06. The van der Waals surface area contributed by atoms with Gasteiger partial charge in [-0.3, -0.25) is 14.5 Å². The van der Waals surface area contributed by atoms with Gasteiger partial charge in [0.05, 0.1) is 53.3 Å². The van der Waals surface area contributed by atoms with Crippen molar-refractivity contribution in [2.45, 2.75) is 120 Å². The van der Waals surface area contributed by atoms with Crippen LogP contribution in [-0.4, -0.2) is 93.7 Å². The number of aliphatic hydroxyl groups excluding tert-OH is 1. The van der Waals surface area contributed by atoms with Crippen LogP contribution >= 0.6 is 0 Å². The highest BCUT2D eigenvalue weighted by molar-refractivity contribution is 7.89. The topological polar surface area (TPSA) is 254 Å². The number of anilines is 2. The number of ether oxygens (including phenoxy) is 2. The molecule has 5 rings (SSSR count). The molecule has 64 heavy (non-hydrogen) atoms. The van der Waals surface area contributed by atoms with Crippen LogP contribution in [0.3, 0.4) is 0 Å². The molecule has 0 bridgehead atoms. The molecule has 0 unspecified atom stereocenters. The normalized spacial score (nSPS) is 15.2. The predicted molar refractivity (Wildman–Crippen MR) is 245 cm³/mol. The second-order valence-electron chi connectivity index (χ2n) is 16.4. The monoisotopic (exact) mass is 928 g/mol. The van der Waals surface area contributed by atoms with Crippen LogP contribution in [0.1, 0.15) is 66.5 Å². The third-order valence-corrected chi connectivity index (χ3v) is 11.4. The Morgan fingerprint density at radius 1 is 0.781 bits per heavy atom. The lowest BCUT2D eigenvalue weighted by Gasteiger charge is -2.30. The van der Waals surface area contributed by atoms with Crippen molar-refractivity contribution < 1.29 is 50.7 Å². The number of amides is 2. The van der Waals surface area contributed by atoms with Crippen molar-refractivity contribution in [3.05, 3.63) is 120 Å². The number of alkyl carbamates (subject to hydrolysis) is 1. The number of hydrogen-bond donors (Lipinski definition) is 6. The van der Waals surface area contributed by atoms with Crippen molar-refractivity contribution in [1.29, 1.82) is 0 Å². The summed E-state index contributed by atoms with van der Waals surface area (Å²) in [4.78, 5) is 35.9. The van der Waals surface area contributed by atoms with E-state index in [4.69, 9.17) is 30.6 Å². The van der Waals surface area contributed by atoms with Gasteiger partial charge in [-0.15, -0.1) is 0 Å². The van der Waals surface area contributed by atoms with Gasteiger partial charge in [0.15, 0.2) is 0 Å². The number of epoxide rings is 1. The highest BCUT2D eigenvalue weighted by Crippen LogP contribution is 2.22. The van der Waals surface area contributed by atoms with E-state index in [1.54, 1.807) is 45.9 Å². The number of nitrogens with zero attached hydrogens (tertiary/aromatic N) is 1. The molecular formula is C45H64N6O11S2. The summed E-state index contributed by atoms with van der Waals surface area (Å²) in [6.45, 7) is 14.1. The number of sulfonamides is 2. The van der Waals surface area contributed by atoms with Gasteiger partial charge in [0.2, 0.25) is 5.91 Å². The van der Waals surface area contributed by atoms with E-state index < -0.39 is 43.9 Å². The minimum atomic E-state index is -4.09. The number of carbonyl (C=O) groups is 2. The van der Waals surface area contributed by atoms with E-state index in [9.17, 15) is 31.5 Å². The Morgan fingerprint density at radius 3 is 1.77 bits per heavy atom. The fraction of sp³-hybridized carbons (Fsp3) is 0.422. The fourth-order valence-electron chi connectivity index (χ4n) is 5.70. The molecule has 19 heteroatoms. The number of hydroxylamine groups is 1. The number of aliphatic hydroxyl groups is 1. The van der Waals surface area contributed by atoms with Crippen molar-refractivity contribution in [1.82, 2.24) is 20.0 Å². The first-order valence-corrected chi connectivity index (χ1v) is 23.6. The fourth-order valence-corrected chi connectivity index (χ4v) is 8.07. The van der Waals surface area contributed by atoms with Gasteiger partial charge in [-0.1, -0.05) is 82.2 Å². The number of nitrogens with two attached hydrogens (primary N) is 2. The van der Waals surface area contributed by atoms with Gasteiger partial charge in [0.1, 0.15) is 11.7 Å². The van der Waals surface area contributed by atoms with Crippen LogP contribution < -0.4 is 27.0 Å². The van der Waals surface area contributed by atoms with Crippen LogP contribution in [0.2, 0.25) is 0 Å². The molecule has 1 aliphatic heterocycles. The zero-order valence-corrected chi connectivity index (χ0v) is 39.3. The summed E-state index contributed by atoms with van der Waals surface area (Å²) >= 11 is 0. The number of hydrogen-bond acceptors (Lipinski definition) is 13. The number of nitrogens with one attached hydrogen (secondary N) is 3. The Kier molecular flexibility index (Phi) is 20.6. The van der Waals surface area contributed by atoms with E-state index >= 15 is 0 Å². The molecule has 0 aliphatic carbocycles. The quantitative estimate of drug-likeness (QED) is 0.0431. The second kappa shape index (κ2) is 24.8. The third-order valence-electron chi connectivity index (χ3n) is 8.61. The first-order chi connectivity index (χ1) is 29.9. The summed E-state index contributed by atoms with van der Waals surface area (Å²) in [5.74, 6) is -0.329. The smallest absolute Gasteiger partial charge is 0.407 e. The molecule has 2 amide bonds. The number of rotatable bonds is 18. The van der Waals surface area contributed by atoms with Crippen LogP contribution in [0.4, 0.5) is 16.2 Å². The van der Waals surface area contributed by atoms with E-state index in [1.807, 2.05) is 86.3 Å². The second-order valence-corrected chi connectivity index (χ2v) is 19.9. The van der Waals surface area contributed by atoms with Crippen molar-refractivity contribution in [2.75, 3.05) is 24.6 Å². The zero-order chi connectivity index (χ0) is 47.7. The summed E-state index contributed by atoms with van der Waals surface area (Å²) in [5, 5.41) is 16.4. The van der Waals surface area contributed by atoms with Crippen LogP contribution in [0.5, 0.6) is 0 Å². The van der Waals surface area contributed by atoms with Gasteiger partial charge in [0.25, 0.3) is 20.0 Å². The SMILES string of the molecule is CC(=O)N[C@@H](Cc1ccccc1)[C@H](O)CN(OC(C)C)S(=O)(=O)c1cccc(N)c1.CC(C)(C)OC(=O)N[C@@H](Cc1ccccc1)[C@H]1CO1.CC(C)ONS(=O)(=O)c1cccc(N)c1. The van der Waals surface area contributed by atoms with E-state index in [0.29, 0.717) is 24.4 Å². The first kappa shape index (κ1) is 53.2. The van der Waals surface area contributed by atoms with Crippen LogP contribution in [-0.2, 0) is 56.8 Å². The average molecular weight is 929 g/mol. The molecule has 352 valence electrons. The largest absolute Gasteiger partial charge is 0.444 e. The molecule has 1 saturated heterocycles. The maximum Gasteiger partial charge on any atom is 0.407 e. The molecule has 17 nitrogen and oxygen atoms in total. The molecule has 1 heterocycles. The number of nitrogen functional groups attached to an aromatic ring is 2. The van der Waals surface area contributed by atoms with E-state index in [2.05, 4.69) is 10.6 Å². The summed E-state index contributed by atoms with van der Waals surface area (Å²) in [6.07, 6.45) is -1.09. The molecule has 0 aromatic heterocycles. The number of carbonyl (C=O) groups excluding carboxylic acids is 2. The van der Waals surface area contributed by atoms with Crippen molar-refractivity contribution in [3.63, 3.8) is 0 Å². The van der Waals surface area contributed by atoms with Gasteiger partial charge < -0.3 is 36.7 Å². The van der Waals surface area contributed by atoms with Crippen molar-refractivity contribution >= 4 is 43.4 Å². The van der Waals surface area contributed by atoms with Crippen LogP contribution in [0.15, 0.2) is 119 Å². The molecule has 0 spiro atoms. The van der Waals surface area contributed by atoms with Crippen molar-refractivity contribution in [2.24, 2.45) is 0 Å². The predicted octanol–water partition coefficient (Wildman–Crippen LogP) is 5.12. The Hall–Kier alpha value is -5.12. The lowest BCUT2D eigenvalue weighted by Crippen LogP contribution is -2.50. The maximum absolute atomic E-state index is 13.1. The van der Waals surface area contributed by atoms with Gasteiger partial charge in [0, 0.05) is 18.3 Å². The molecule has 4 aromatic carbocycles. The highest BCUT2D eigenvalue weighted by atomic mass is 32.2. The zero-order valence-electron chi connectivity index (χ0n) is 37.6. The van der Waals surface area contributed by atoms with Gasteiger partial charge in [-0.2, -0.15) is 0 Å². The van der Waals surface area contributed by atoms with Crippen LogP contribution in [0.25, 0.3) is 0 Å². The third kappa shape index (κ3) is 19.7. The summed E-state index contributed by atoms with van der Waals surface area (Å²) < 4.78 is 60.7. The standard InChI is InChI=1S/C21H29N3O5S.C15H21NO3.C9H14N2O3S/c1-15(2)29-24(30(27,28)19-11-7-10-18(22)13-19)14-21(26)20(23-16(3)25)12-17-8-5-4-6-9-17;1-15(2,3)19-14(17)16-12(13-10-18-13)9-11-7-5-4-6-8-11;1-7(2)14-11-15(12,13)9-5-3-4-8(10)6-9/h4-11,13,15,20-21,26H,12,14,22H2,1-3H3,(H,23,25);4-8,12-13H,9-10H2,1-3H3,(H,16,17);3-7,11H,10H2,1-2H3/t20-,21+;12-,13+;/m00./s1. The minimum absolute atomic E-state index is 0.0303. The molecule has 0 saturated carbocycles. The minimum Gasteiger partial charge on any atom is -0.444 e. The van der Waals surface area contributed by atoms with Crippen LogP contribution in [0, 0.1) is 0 Å². The molecule has 4 atom stereocenters. The van der Waals surface area contributed by atoms with Gasteiger partial charge >= 0.3 is 6.09 Å². The Labute approximate surface area is 377 Å². The number of benzene rings is 4. The highest BCUT2D eigenvalue weighted by Gasteiger charge is 2.35. The molecule has 1 aliphatic rings. The molecule has 8 N–H and O–H groups in total. The van der Waals surface area contributed by atoms with E-state index in [0.717, 1.165) is 16.5 Å². The molecule has 0 radical (unpaired) electrons. The van der Waals surface area contributed by atoms with Crippen molar-refractivity contribution in [3.8, 4) is 0 Å². The molecule has 1 fully saturated rings. The summed E-state index contributed by atoms with van der Waals surface area (Å²) in [6, 6.07) is 30.5. The lowest BCUT2D eigenvalue weighted by atomic mass is 10.0. The Morgan fingerprint density at radius 2 is 1.30 bits per heavy atom. The Balaban J connectivity index is 0.000000274. The Bertz CT molecular complexity index is 2270. The first-order valence-electron chi connectivity index (χ1n) is 20.7. The molecular weight excluding hydrogens is 865 g/mol.